The first-order chi connectivity index (χ1) is 9.13. The van der Waals surface area contributed by atoms with Gasteiger partial charge in [0.1, 0.15) is 0 Å². The van der Waals surface area contributed by atoms with Gasteiger partial charge in [0, 0.05) is 10.0 Å². The van der Waals surface area contributed by atoms with E-state index < -0.39 is 0 Å². The normalized spacial score (nSPS) is 11.1. The summed E-state index contributed by atoms with van der Waals surface area (Å²) in [5.74, 6) is 0.470. The number of benzene rings is 2. The maximum atomic E-state index is 6.03. The number of imidazole rings is 1. The maximum absolute atomic E-state index is 6.03. The summed E-state index contributed by atoms with van der Waals surface area (Å²) in [7, 11) is 0. The summed E-state index contributed by atoms with van der Waals surface area (Å²) in [6.07, 6.45) is 0. The van der Waals surface area contributed by atoms with E-state index in [0.29, 0.717) is 22.5 Å². The molecule has 0 atom stereocenters. The van der Waals surface area contributed by atoms with Crippen LogP contribution in [0.2, 0.25) is 10.0 Å². The first-order valence-corrected chi connectivity index (χ1v) is 6.55. The lowest BCUT2D eigenvalue weighted by Crippen LogP contribution is -2.04. The highest BCUT2D eigenvalue weighted by Crippen LogP contribution is 2.23. The lowest BCUT2D eigenvalue weighted by molar-refractivity contribution is 0.838. The van der Waals surface area contributed by atoms with Gasteiger partial charge in [-0.3, -0.25) is 0 Å². The third-order valence-corrected chi connectivity index (χ3v) is 3.44. The summed E-state index contributed by atoms with van der Waals surface area (Å²) in [4.78, 5) is 4.32. The predicted molar refractivity (Wildman–Crippen MR) is 79.7 cm³/mol. The van der Waals surface area contributed by atoms with Gasteiger partial charge in [0.2, 0.25) is 5.95 Å². The van der Waals surface area contributed by atoms with Gasteiger partial charge < -0.3 is 10.3 Å². The van der Waals surface area contributed by atoms with Crippen LogP contribution in [0.3, 0.4) is 0 Å². The molecule has 5 heteroatoms. The van der Waals surface area contributed by atoms with E-state index in [1.165, 1.54) is 0 Å². The minimum atomic E-state index is 0.470. The molecule has 3 rings (SSSR count). The summed E-state index contributed by atoms with van der Waals surface area (Å²) in [5.41, 5.74) is 8.79. The molecule has 0 amide bonds. The van der Waals surface area contributed by atoms with Gasteiger partial charge in [-0.2, -0.15) is 0 Å². The lowest BCUT2D eigenvalue weighted by atomic mass is 10.2. The molecule has 0 fully saturated rings. The van der Waals surface area contributed by atoms with Crippen LogP contribution < -0.4 is 5.73 Å². The number of nitrogens with zero attached hydrogens (tertiary/aromatic N) is 2. The molecule has 0 aliphatic heterocycles. The Morgan fingerprint density at radius 3 is 2.63 bits per heavy atom. The minimum absolute atomic E-state index is 0.470. The number of nitrogens with two attached hydrogens (primary N) is 1. The Morgan fingerprint density at radius 2 is 1.84 bits per heavy atom. The van der Waals surface area contributed by atoms with Crippen molar-refractivity contribution in [3.05, 3.63) is 58.1 Å². The Bertz CT molecular complexity index is 750. The topological polar surface area (TPSA) is 43.8 Å². The average Bonchev–Trinajstić information content (AvgIpc) is 2.66. The first kappa shape index (κ1) is 12.3. The Kier molecular flexibility index (Phi) is 3.09. The second-order valence-electron chi connectivity index (χ2n) is 4.32. The zero-order valence-corrected chi connectivity index (χ0v) is 11.5. The molecule has 0 aliphatic rings. The number of aromatic nitrogens is 2. The van der Waals surface area contributed by atoms with Gasteiger partial charge >= 0.3 is 0 Å². The van der Waals surface area contributed by atoms with Crippen LogP contribution in [-0.4, -0.2) is 9.55 Å². The van der Waals surface area contributed by atoms with Crippen molar-refractivity contribution >= 4 is 40.2 Å². The molecule has 0 saturated heterocycles. The molecule has 3 aromatic rings. The van der Waals surface area contributed by atoms with Crippen LogP contribution in [0.1, 0.15) is 5.56 Å². The third kappa shape index (κ3) is 2.39. The summed E-state index contributed by atoms with van der Waals surface area (Å²) >= 11 is 12.0. The highest BCUT2D eigenvalue weighted by molar-refractivity contribution is 6.31. The van der Waals surface area contributed by atoms with Crippen molar-refractivity contribution in [2.75, 3.05) is 5.73 Å². The number of hydrogen-bond donors (Lipinski definition) is 1. The van der Waals surface area contributed by atoms with Crippen molar-refractivity contribution in [1.29, 1.82) is 0 Å². The van der Waals surface area contributed by atoms with E-state index in [-0.39, 0.29) is 0 Å². The molecule has 0 unspecified atom stereocenters. The van der Waals surface area contributed by atoms with Gasteiger partial charge in [-0.1, -0.05) is 35.3 Å². The van der Waals surface area contributed by atoms with Gasteiger partial charge in [0.25, 0.3) is 0 Å². The van der Waals surface area contributed by atoms with Crippen molar-refractivity contribution in [3.63, 3.8) is 0 Å². The van der Waals surface area contributed by atoms with Gasteiger partial charge in [-0.05, 0) is 35.9 Å². The summed E-state index contributed by atoms with van der Waals surface area (Å²) < 4.78 is 1.92. The predicted octanol–water partition coefficient (Wildman–Crippen LogP) is 3.97. The Hall–Kier alpha value is -1.71. The number of nitrogen functional groups attached to an aromatic ring is 1. The van der Waals surface area contributed by atoms with E-state index in [1.54, 1.807) is 6.07 Å². The SMILES string of the molecule is Nc1nc2ccc(Cl)cc2n1Cc1cccc(Cl)c1. The second-order valence-corrected chi connectivity index (χ2v) is 5.19. The molecular formula is C14H11Cl2N3. The standard InChI is InChI=1S/C14H11Cl2N3/c15-10-3-1-2-9(6-10)8-19-13-7-11(16)4-5-12(13)18-14(19)17/h1-7H,8H2,(H2,17,18). The van der Waals surface area contributed by atoms with E-state index in [0.717, 1.165) is 16.6 Å². The Morgan fingerprint density at radius 1 is 1.05 bits per heavy atom. The summed E-state index contributed by atoms with van der Waals surface area (Å²) in [5, 5.41) is 1.37. The largest absolute Gasteiger partial charge is 0.369 e. The van der Waals surface area contributed by atoms with E-state index in [4.69, 9.17) is 28.9 Å². The number of hydrogen-bond acceptors (Lipinski definition) is 2. The number of halogens is 2. The fourth-order valence-corrected chi connectivity index (χ4v) is 2.48. The zero-order chi connectivity index (χ0) is 13.4. The average molecular weight is 292 g/mol. The van der Waals surface area contributed by atoms with Crippen LogP contribution in [-0.2, 0) is 6.54 Å². The van der Waals surface area contributed by atoms with E-state index in [9.17, 15) is 0 Å². The van der Waals surface area contributed by atoms with E-state index in [1.807, 2.05) is 41.0 Å². The van der Waals surface area contributed by atoms with Crippen LogP contribution in [0.4, 0.5) is 5.95 Å². The van der Waals surface area contributed by atoms with Crippen LogP contribution in [0.5, 0.6) is 0 Å². The monoisotopic (exact) mass is 291 g/mol. The molecule has 0 spiro atoms. The molecule has 2 aromatic carbocycles. The zero-order valence-electron chi connectivity index (χ0n) is 9.98. The quantitative estimate of drug-likeness (QED) is 0.776. The molecule has 96 valence electrons. The lowest BCUT2D eigenvalue weighted by Gasteiger charge is -2.07. The number of rotatable bonds is 2. The second kappa shape index (κ2) is 4.76. The molecule has 2 N–H and O–H groups in total. The van der Waals surface area contributed by atoms with Gasteiger partial charge in [-0.15, -0.1) is 0 Å². The van der Waals surface area contributed by atoms with Crippen molar-refractivity contribution in [3.8, 4) is 0 Å². The fourth-order valence-electron chi connectivity index (χ4n) is 2.10. The van der Waals surface area contributed by atoms with Crippen molar-refractivity contribution in [2.45, 2.75) is 6.54 Å². The van der Waals surface area contributed by atoms with Gasteiger partial charge in [-0.25, -0.2) is 4.98 Å². The van der Waals surface area contributed by atoms with Crippen LogP contribution in [0.25, 0.3) is 11.0 Å². The highest BCUT2D eigenvalue weighted by Gasteiger charge is 2.09. The molecule has 1 heterocycles. The maximum Gasteiger partial charge on any atom is 0.201 e. The fraction of sp³-hybridized carbons (Fsp3) is 0.0714. The van der Waals surface area contributed by atoms with E-state index >= 15 is 0 Å². The molecule has 3 nitrogen and oxygen atoms in total. The smallest absolute Gasteiger partial charge is 0.201 e. The van der Waals surface area contributed by atoms with Crippen LogP contribution in [0, 0.1) is 0 Å². The molecule has 19 heavy (non-hydrogen) atoms. The molecule has 0 aliphatic carbocycles. The van der Waals surface area contributed by atoms with Crippen molar-refractivity contribution in [1.82, 2.24) is 9.55 Å². The highest BCUT2D eigenvalue weighted by atomic mass is 35.5. The minimum Gasteiger partial charge on any atom is -0.369 e. The number of anilines is 1. The van der Waals surface area contributed by atoms with Crippen molar-refractivity contribution < 1.29 is 0 Å². The Labute approximate surface area is 120 Å². The van der Waals surface area contributed by atoms with E-state index in [2.05, 4.69) is 4.98 Å². The molecule has 0 bridgehead atoms. The van der Waals surface area contributed by atoms with Crippen LogP contribution >= 0.6 is 23.2 Å². The molecule has 0 radical (unpaired) electrons. The van der Waals surface area contributed by atoms with Crippen molar-refractivity contribution in [2.24, 2.45) is 0 Å². The molecule has 0 saturated carbocycles. The Balaban J connectivity index is 2.09. The molecule has 1 aromatic heterocycles. The van der Waals surface area contributed by atoms with Crippen LogP contribution in [0.15, 0.2) is 42.5 Å². The first-order valence-electron chi connectivity index (χ1n) is 5.79. The summed E-state index contributed by atoms with van der Waals surface area (Å²) in [6, 6.07) is 13.2. The molecular weight excluding hydrogens is 281 g/mol. The van der Waals surface area contributed by atoms with Gasteiger partial charge in [0.05, 0.1) is 17.6 Å². The van der Waals surface area contributed by atoms with Gasteiger partial charge in [0.15, 0.2) is 0 Å². The number of fused-ring (bicyclic) bond motifs is 1. The third-order valence-electron chi connectivity index (χ3n) is 2.97. The summed E-state index contributed by atoms with van der Waals surface area (Å²) in [6.45, 7) is 0.614.